The van der Waals surface area contributed by atoms with Crippen LogP contribution in [0.5, 0.6) is 0 Å². The Balaban J connectivity index is 0.000000321. The number of carbonyl (C=O) groups is 1. The fraction of sp³-hybridized carbons (Fsp3) is 0.562. The summed E-state index contributed by atoms with van der Waals surface area (Å²) in [7, 11) is 0. The summed E-state index contributed by atoms with van der Waals surface area (Å²) in [5.74, 6) is -2.76. The van der Waals surface area contributed by atoms with Gasteiger partial charge < -0.3 is 15.7 Å². The van der Waals surface area contributed by atoms with Crippen LogP contribution in [0.2, 0.25) is 5.02 Å². The molecule has 11 heteroatoms. The number of nitrogens with zero attached hydrogens (tertiary/aromatic N) is 2. The topological polar surface area (TPSA) is 110 Å². The van der Waals surface area contributed by atoms with Gasteiger partial charge in [-0.1, -0.05) is 11.6 Å². The summed E-state index contributed by atoms with van der Waals surface area (Å²) in [6.45, 7) is 1.90. The zero-order chi connectivity index (χ0) is 20.4. The van der Waals surface area contributed by atoms with Gasteiger partial charge in [-0.05, 0) is 37.2 Å². The van der Waals surface area contributed by atoms with Crippen molar-refractivity contribution in [2.24, 2.45) is 11.1 Å². The van der Waals surface area contributed by atoms with Gasteiger partial charge in [0.2, 0.25) is 0 Å². The summed E-state index contributed by atoms with van der Waals surface area (Å²) in [5.41, 5.74) is 7.29. The highest BCUT2D eigenvalue weighted by Gasteiger charge is 2.44. The maximum absolute atomic E-state index is 10.7. The first-order chi connectivity index (χ1) is 12.4. The van der Waals surface area contributed by atoms with Crippen molar-refractivity contribution < 1.29 is 28.0 Å². The van der Waals surface area contributed by atoms with Crippen molar-refractivity contribution >= 4 is 28.9 Å². The van der Waals surface area contributed by atoms with Gasteiger partial charge in [0.05, 0.1) is 15.6 Å². The average molecular weight is 410 g/mol. The Labute approximate surface area is 158 Å². The molecule has 7 nitrogen and oxygen atoms in total. The highest BCUT2D eigenvalue weighted by Crippen LogP contribution is 2.49. The monoisotopic (exact) mass is 409 g/mol. The number of nitrogens with two attached hydrogens (primary N) is 1. The molecule has 1 saturated heterocycles. The van der Waals surface area contributed by atoms with Crippen molar-refractivity contribution in [3.05, 3.63) is 33.3 Å². The van der Waals surface area contributed by atoms with Gasteiger partial charge in [0.15, 0.2) is 0 Å². The molecule has 3 rings (SSSR count). The van der Waals surface area contributed by atoms with Crippen LogP contribution in [-0.2, 0) is 4.79 Å². The van der Waals surface area contributed by atoms with Gasteiger partial charge in [0.1, 0.15) is 0 Å². The van der Waals surface area contributed by atoms with Gasteiger partial charge in [-0.25, -0.2) is 4.79 Å². The van der Waals surface area contributed by atoms with Gasteiger partial charge in [0.25, 0.3) is 5.69 Å². The van der Waals surface area contributed by atoms with E-state index in [0.29, 0.717) is 16.5 Å². The molecule has 27 heavy (non-hydrogen) atoms. The highest BCUT2D eigenvalue weighted by molar-refractivity contribution is 6.33. The van der Waals surface area contributed by atoms with Crippen molar-refractivity contribution in [3.8, 4) is 0 Å². The largest absolute Gasteiger partial charge is 0.490 e. The third-order valence-electron chi connectivity index (χ3n) is 4.94. The molecule has 0 amide bonds. The number of alkyl halides is 3. The molecule has 1 aliphatic heterocycles. The number of halogens is 4. The second-order valence-corrected chi connectivity index (χ2v) is 7.26. The van der Waals surface area contributed by atoms with Gasteiger partial charge in [-0.2, -0.15) is 13.2 Å². The fourth-order valence-corrected chi connectivity index (χ4v) is 3.84. The second-order valence-electron chi connectivity index (χ2n) is 6.85. The van der Waals surface area contributed by atoms with E-state index in [-0.39, 0.29) is 5.69 Å². The van der Waals surface area contributed by atoms with E-state index < -0.39 is 17.1 Å². The molecule has 1 spiro atoms. The quantitative estimate of drug-likeness (QED) is 0.570. The number of carboxylic acids is 1. The maximum atomic E-state index is 10.7. The molecule has 0 bridgehead atoms. The van der Waals surface area contributed by atoms with E-state index in [0.717, 1.165) is 44.5 Å². The third-order valence-corrected chi connectivity index (χ3v) is 5.24. The maximum Gasteiger partial charge on any atom is 0.490 e. The van der Waals surface area contributed by atoms with Crippen LogP contribution in [0.3, 0.4) is 0 Å². The van der Waals surface area contributed by atoms with Crippen LogP contribution in [0.1, 0.15) is 25.7 Å². The van der Waals surface area contributed by atoms with Gasteiger partial charge in [-0.3, -0.25) is 10.1 Å². The number of carboxylic acid groups (broad SMARTS) is 1. The summed E-state index contributed by atoms with van der Waals surface area (Å²) in [6.07, 6.45) is -0.550. The minimum absolute atomic E-state index is 0.0391. The lowest BCUT2D eigenvalue weighted by Gasteiger charge is -2.51. The number of benzene rings is 1. The molecule has 1 aromatic rings. The SMILES string of the molecule is NC1CC2(CCN(c3ccc([N+](=O)[O-])cc3Cl)CC2)C1.O=C(O)C(F)(F)F. The Morgan fingerprint density at radius 3 is 2.22 bits per heavy atom. The van der Waals surface area contributed by atoms with Crippen molar-refractivity contribution in [1.82, 2.24) is 0 Å². The number of nitro benzene ring substituents is 1. The van der Waals surface area contributed by atoms with Crippen LogP contribution in [0.4, 0.5) is 24.5 Å². The minimum atomic E-state index is -5.08. The first-order valence-corrected chi connectivity index (χ1v) is 8.56. The minimum Gasteiger partial charge on any atom is -0.475 e. The Morgan fingerprint density at radius 1 is 1.33 bits per heavy atom. The fourth-order valence-electron chi connectivity index (χ4n) is 3.55. The Morgan fingerprint density at radius 2 is 1.85 bits per heavy atom. The van der Waals surface area contributed by atoms with E-state index in [1.807, 2.05) is 0 Å². The molecule has 0 unspecified atom stereocenters. The van der Waals surface area contributed by atoms with Crippen LogP contribution in [0.25, 0.3) is 0 Å². The zero-order valence-corrected chi connectivity index (χ0v) is 15.0. The van der Waals surface area contributed by atoms with Crippen LogP contribution in [0.15, 0.2) is 18.2 Å². The van der Waals surface area contributed by atoms with Crippen molar-refractivity contribution in [3.63, 3.8) is 0 Å². The molecular weight excluding hydrogens is 391 g/mol. The number of piperidine rings is 1. The number of non-ortho nitro benzene ring substituents is 1. The molecule has 1 heterocycles. The van der Waals surface area contributed by atoms with E-state index in [4.69, 9.17) is 27.2 Å². The Hall–Kier alpha value is -2.07. The van der Waals surface area contributed by atoms with Crippen molar-refractivity contribution in [2.75, 3.05) is 18.0 Å². The van der Waals surface area contributed by atoms with E-state index in [1.54, 1.807) is 6.07 Å². The number of anilines is 1. The first-order valence-electron chi connectivity index (χ1n) is 8.18. The number of hydrogen-bond acceptors (Lipinski definition) is 5. The summed E-state index contributed by atoms with van der Waals surface area (Å²) in [4.78, 5) is 21.4. The summed E-state index contributed by atoms with van der Waals surface area (Å²) < 4.78 is 31.7. The van der Waals surface area contributed by atoms with E-state index >= 15 is 0 Å². The predicted molar refractivity (Wildman–Crippen MR) is 92.9 cm³/mol. The third kappa shape index (κ3) is 5.23. The van der Waals surface area contributed by atoms with Crippen molar-refractivity contribution in [2.45, 2.75) is 37.9 Å². The lowest BCUT2D eigenvalue weighted by molar-refractivity contribution is -0.384. The lowest BCUT2D eigenvalue weighted by atomic mass is 9.60. The molecule has 1 aliphatic carbocycles. The number of aliphatic carboxylic acids is 1. The summed E-state index contributed by atoms with van der Waals surface area (Å²) >= 11 is 6.18. The molecule has 2 aliphatic rings. The molecule has 1 aromatic carbocycles. The molecule has 0 aromatic heterocycles. The van der Waals surface area contributed by atoms with Crippen LogP contribution < -0.4 is 10.6 Å². The average Bonchev–Trinajstić information content (AvgIpc) is 2.54. The molecule has 0 radical (unpaired) electrons. The lowest BCUT2D eigenvalue weighted by Crippen LogP contribution is -2.52. The van der Waals surface area contributed by atoms with Gasteiger partial charge >= 0.3 is 12.1 Å². The van der Waals surface area contributed by atoms with E-state index in [9.17, 15) is 23.3 Å². The smallest absolute Gasteiger partial charge is 0.475 e. The number of rotatable bonds is 2. The van der Waals surface area contributed by atoms with Crippen LogP contribution in [0, 0.1) is 15.5 Å². The standard InChI is InChI=1S/C14H18ClN3O2.C2HF3O2/c15-12-7-11(18(19)20)1-2-13(12)17-5-3-14(4-6-17)8-10(16)9-14;3-2(4,5)1(6)7/h1-2,7,10H,3-6,8-9,16H2;(H,6,7). The first kappa shape index (κ1) is 21.2. The van der Waals surface area contributed by atoms with Crippen LogP contribution in [-0.4, -0.2) is 41.3 Å². The van der Waals surface area contributed by atoms with E-state index in [2.05, 4.69) is 4.90 Å². The summed E-state index contributed by atoms with van der Waals surface area (Å²) in [6, 6.07) is 5.08. The highest BCUT2D eigenvalue weighted by atomic mass is 35.5. The Bertz CT molecular complexity index is 713. The molecule has 2 fully saturated rings. The molecule has 1 saturated carbocycles. The van der Waals surface area contributed by atoms with Gasteiger partial charge in [-0.15, -0.1) is 0 Å². The second kappa shape index (κ2) is 7.89. The van der Waals surface area contributed by atoms with E-state index in [1.165, 1.54) is 12.1 Å². The molecular formula is C16H19ClF3N3O4. The van der Waals surface area contributed by atoms with Crippen molar-refractivity contribution in [1.29, 1.82) is 0 Å². The zero-order valence-electron chi connectivity index (χ0n) is 14.2. The molecule has 150 valence electrons. The number of hydrogen-bond donors (Lipinski definition) is 2. The number of nitro groups is 1. The normalized spacial score (nSPS) is 19.1. The van der Waals surface area contributed by atoms with Gasteiger partial charge in [0, 0.05) is 31.3 Å². The molecule has 3 N–H and O–H groups in total. The predicted octanol–water partition coefficient (Wildman–Crippen LogP) is 3.59. The van der Waals surface area contributed by atoms with Crippen LogP contribution >= 0.6 is 11.6 Å². The summed E-state index contributed by atoms with van der Waals surface area (Å²) in [5, 5.41) is 18.3. The Kier molecular flexibility index (Phi) is 6.21. The molecule has 0 atom stereocenters.